The van der Waals surface area contributed by atoms with E-state index in [1.54, 1.807) is 0 Å². The normalized spacial score (nSPS) is 19.4. The Hall–Kier alpha value is -5.55. The minimum Gasteiger partial charge on any atom is -0.365 e. The number of aliphatic imine (C=N–C) groups is 2. The molecule has 4 aliphatic rings. The zero-order valence-electron chi connectivity index (χ0n) is 26.6. The van der Waals surface area contributed by atoms with Crippen molar-refractivity contribution >= 4 is 61.5 Å². The highest BCUT2D eigenvalue weighted by atomic mass is 16.1. The fourth-order valence-corrected chi connectivity index (χ4v) is 8.59. The molecule has 0 aromatic heterocycles. The highest BCUT2D eigenvalue weighted by Gasteiger charge is 2.34. The lowest BCUT2D eigenvalue weighted by molar-refractivity contribution is 0.103. The minimum absolute atomic E-state index is 0.0509. The zero-order valence-corrected chi connectivity index (χ0v) is 26.6. The summed E-state index contributed by atoms with van der Waals surface area (Å²) in [5.41, 5.74) is 11.0. The van der Waals surface area contributed by atoms with Gasteiger partial charge in [-0.1, -0.05) is 84.9 Å². The first kappa shape index (κ1) is 27.6. The Kier molecular flexibility index (Phi) is 6.17. The van der Waals surface area contributed by atoms with Gasteiger partial charge in [0.1, 0.15) is 0 Å². The number of para-hydroxylation sites is 2. The molecule has 5 heteroatoms. The molecule has 0 radical (unpaired) electrons. The van der Waals surface area contributed by atoms with Crippen LogP contribution in [0.5, 0.6) is 0 Å². The Balaban J connectivity index is 1.02. The average molecular weight is 623 g/mol. The molecule has 6 aromatic rings. The number of fused-ring (bicyclic) bond motifs is 8. The van der Waals surface area contributed by atoms with Crippen LogP contribution in [0.25, 0.3) is 21.5 Å². The monoisotopic (exact) mass is 622 g/mol. The van der Waals surface area contributed by atoms with Gasteiger partial charge in [0.2, 0.25) is 0 Å². The van der Waals surface area contributed by atoms with Crippen LogP contribution in [0.2, 0.25) is 0 Å². The van der Waals surface area contributed by atoms with E-state index < -0.39 is 0 Å². The maximum absolute atomic E-state index is 14.6. The van der Waals surface area contributed by atoms with Crippen LogP contribution in [0.15, 0.2) is 131 Å². The highest BCUT2D eigenvalue weighted by molar-refractivity contribution is 6.16. The second kappa shape index (κ2) is 10.7. The molecule has 0 bridgehead atoms. The van der Waals surface area contributed by atoms with Crippen molar-refractivity contribution in [2.24, 2.45) is 9.98 Å². The number of hydrogen-bond donors (Lipinski definition) is 0. The van der Waals surface area contributed by atoms with Crippen LogP contribution < -0.4 is 9.80 Å². The van der Waals surface area contributed by atoms with Gasteiger partial charge in [0.15, 0.2) is 5.78 Å². The SMILES string of the molecule is O=C(c1cc(N2CCC3C(=Nc4ccccc43)C2)c2ccccc2c1)c1cc(N2CCC3C(=Nc4ccccc43)C2)c2ccccc2c1. The summed E-state index contributed by atoms with van der Waals surface area (Å²) in [5, 5.41) is 4.51. The molecule has 232 valence electrons. The fraction of sp³-hybridized carbons (Fsp3) is 0.186. The molecule has 0 N–H and O–H groups in total. The van der Waals surface area contributed by atoms with Gasteiger partial charge in [0, 0.05) is 69.6 Å². The summed E-state index contributed by atoms with van der Waals surface area (Å²) in [6.45, 7) is 3.38. The molecule has 4 aliphatic heterocycles. The molecule has 5 nitrogen and oxygen atoms in total. The molecule has 2 saturated heterocycles. The van der Waals surface area contributed by atoms with E-state index in [1.807, 2.05) is 0 Å². The molecule has 48 heavy (non-hydrogen) atoms. The Morgan fingerprint density at radius 1 is 0.542 bits per heavy atom. The lowest BCUT2D eigenvalue weighted by atomic mass is 9.88. The standard InChI is InChI=1S/C43H34N4O/c48-43(29-21-27-9-1-3-11-31(27)41(23-29)46-19-17-35-33-13-5-7-15-37(33)44-39(35)25-46)30-22-28-10-2-4-12-32(28)42(24-30)47-20-18-36-34-14-6-8-16-38(34)45-40(36)26-47/h1-16,21-24,35-36H,17-20,25-26H2. The molecule has 0 aliphatic carbocycles. The van der Waals surface area contributed by atoms with Gasteiger partial charge in [0.05, 0.1) is 24.5 Å². The van der Waals surface area contributed by atoms with Crippen molar-refractivity contribution in [1.29, 1.82) is 0 Å². The van der Waals surface area contributed by atoms with E-state index in [4.69, 9.17) is 9.98 Å². The number of carbonyl (C=O) groups excluding carboxylic acids is 1. The third-order valence-electron chi connectivity index (χ3n) is 10.9. The van der Waals surface area contributed by atoms with Crippen molar-refractivity contribution in [1.82, 2.24) is 0 Å². The summed E-state index contributed by atoms with van der Waals surface area (Å²) in [4.78, 5) is 29.5. The summed E-state index contributed by atoms with van der Waals surface area (Å²) in [6, 6.07) is 42.4. The van der Waals surface area contributed by atoms with Crippen molar-refractivity contribution in [3.05, 3.63) is 144 Å². The Bertz CT molecular complexity index is 2210. The van der Waals surface area contributed by atoms with E-state index in [2.05, 4.69) is 131 Å². The molecule has 2 atom stereocenters. The van der Waals surface area contributed by atoms with Crippen molar-refractivity contribution in [2.45, 2.75) is 24.7 Å². The summed E-state index contributed by atoms with van der Waals surface area (Å²) in [6.07, 6.45) is 2.03. The fourth-order valence-electron chi connectivity index (χ4n) is 8.59. The maximum atomic E-state index is 14.6. The van der Waals surface area contributed by atoms with Crippen molar-refractivity contribution in [3.8, 4) is 0 Å². The van der Waals surface area contributed by atoms with Gasteiger partial charge in [-0.05, 0) is 71.1 Å². The zero-order chi connectivity index (χ0) is 31.8. The van der Waals surface area contributed by atoms with Crippen LogP contribution in [0, 0.1) is 0 Å². The lowest BCUT2D eigenvalue weighted by Crippen LogP contribution is -2.39. The number of piperidine rings is 2. The number of carbonyl (C=O) groups is 1. The quantitative estimate of drug-likeness (QED) is 0.184. The predicted molar refractivity (Wildman–Crippen MR) is 198 cm³/mol. The Morgan fingerprint density at radius 3 is 1.48 bits per heavy atom. The molecule has 6 aromatic carbocycles. The van der Waals surface area contributed by atoms with Crippen molar-refractivity contribution in [3.63, 3.8) is 0 Å². The smallest absolute Gasteiger partial charge is 0.193 e. The van der Waals surface area contributed by atoms with Crippen LogP contribution in [0.3, 0.4) is 0 Å². The summed E-state index contributed by atoms with van der Waals surface area (Å²) in [7, 11) is 0. The third kappa shape index (κ3) is 4.34. The highest BCUT2D eigenvalue weighted by Crippen LogP contribution is 2.43. The number of benzene rings is 6. The molecular weight excluding hydrogens is 589 g/mol. The predicted octanol–water partition coefficient (Wildman–Crippen LogP) is 9.38. The van der Waals surface area contributed by atoms with Gasteiger partial charge in [-0.2, -0.15) is 0 Å². The van der Waals surface area contributed by atoms with Gasteiger partial charge < -0.3 is 9.80 Å². The Labute approximate surface area is 279 Å². The average Bonchev–Trinajstić information content (AvgIpc) is 3.71. The van der Waals surface area contributed by atoms with Gasteiger partial charge in [-0.25, -0.2) is 0 Å². The van der Waals surface area contributed by atoms with Gasteiger partial charge in [-0.3, -0.25) is 14.8 Å². The first-order valence-corrected chi connectivity index (χ1v) is 17.1. The second-order valence-electron chi connectivity index (χ2n) is 13.6. The van der Waals surface area contributed by atoms with E-state index in [0.717, 1.165) is 83.7 Å². The second-order valence-corrected chi connectivity index (χ2v) is 13.6. The molecular formula is C43H34N4O. The maximum Gasteiger partial charge on any atom is 0.193 e. The van der Waals surface area contributed by atoms with Crippen molar-refractivity contribution in [2.75, 3.05) is 36.0 Å². The molecule has 4 heterocycles. The molecule has 10 rings (SSSR count). The number of nitrogens with zero attached hydrogens (tertiary/aromatic N) is 4. The van der Waals surface area contributed by atoms with Crippen LogP contribution in [-0.2, 0) is 0 Å². The number of anilines is 2. The first-order valence-electron chi connectivity index (χ1n) is 17.1. The van der Waals surface area contributed by atoms with E-state index in [-0.39, 0.29) is 5.78 Å². The largest absolute Gasteiger partial charge is 0.365 e. The molecule has 2 fully saturated rings. The van der Waals surface area contributed by atoms with Gasteiger partial charge in [0.25, 0.3) is 0 Å². The van der Waals surface area contributed by atoms with E-state index in [9.17, 15) is 4.79 Å². The lowest BCUT2D eigenvalue weighted by Gasteiger charge is -2.34. The minimum atomic E-state index is 0.0509. The number of ketones is 1. The van der Waals surface area contributed by atoms with Crippen LogP contribution in [0.1, 0.15) is 51.7 Å². The van der Waals surface area contributed by atoms with Crippen LogP contribution in [-0.4, -0.2) is 43.4 Å². The van der Waals surface area contributed by atoms with E-state index >= 15 is 0 Å². The van der Waals surface area contributed by atoms with Gasteiger partial charge >= 0.3 is 0 Å². The third-order valence-corrected chi connectivity index (χ3v) is 10.9. The Morgan fingerprint density at radius 2 is 0.979 bits per heavy atom. The first-order chi connectivity index (χ1) is 23.7. The molecule has 2 unspecified atom stereocenters. The van der Waals surface area contributed by atoms with Gasteiger partial charge in [-0.15, -0.1) is 0 Å². The van der Waals surface area contributed by atoms with Crippen molar-refractivity contribution < 1.29 is 4.79 Å². The summed E-state index contributed by atoms with van der Waals surface area (Å²) < 4.78 is 0. The molecule has 0 spiro atoms. The topological polar surface area (TPSA) is 48.3 Å². The summed E-state index contributed by atoms with van der Waals surface area (Å²) >= 11 is 0. The summed E-state index contributed by atoms with van der Waals surface area (Å²) in [5.74, 6) is 0.827. The van der Waals surface area contributed by atoms with E-state index in [0.29, 0.717) is 11.8 Å². The van der Waals surface area contributed by atoms with Crippen LogP contribution in [0.4, 0.5) is 22.7 Å². The molecule has 0 saturated carbocycles. The number of rotatable bonds is 4. The molecule has 0 amide bonds. The number of hydrogen-bond acceptors (Lipinski definition) is 5. The van der Waals surface area contributed by atoms with E-state index in [1.165, 1.54) is 33.3 Å². The van der Waals surface area contributed by atoms with Crippen LogP contribution >= 0.6 is 0 Å².